The van der Waals surface area contributed by atoms with E-state index in [4.69, 9.17) is 4.74 Å². The molecule has 0 aliphatic heterocycles. The molecule has 0 heterocycles. The predicted octanol–water partition coefficient (Wildman–Crippen LogP) is 7.77. The SMILES string of the molecule is CC1CCC(C23CCC(COC45CCC(C)(CC4)CC5)(CC2)C(F)(F)C3(F)F)CC1. The maximum Gasteiger partial charge on any atom is 0.318 e. The monoisotopic (exact) mass is 430 g/mol. The molecule has 0 N–H and O–H groups in total. The first-order valence-corrected chi connectivity index (χ1v) is 12.4. The topological polar surface area (TPSA) is 9.23 Å². The van der Waals surface area contributed by atoms with Crippen LogP contribution in [0.15, 0.2) is 0 Å². The standard InChI is InChI=1S/C25H38F4O/c1-18-3-5-19(6-4-18)23-15-10-21(11-16-23,24(26,27)25(23,28)29)17-30-22-12-7-20(2,8-13-22)9-14-22/h18-19H,3-17H2,1-2H3. The molecule has 0 atom stereocenters. The molecule has 4 bridgehead atoms. The second-order valence-electron chi connectivity index (χ2n) is 12.3. The van der Waals surface area contributed by atoms with E-state index in [1.54, 1.807) is 0 Å². The van der Waals surface area contributed by atoms with Crippen molar-refractivity contribution >= 4 is 0 Å². The van der Waals surface area contributed by atoms with Crippen molar-refractivity contribution in [3.8, 4) is 0 Å². The lowest BCUT2D eigenvalue weighted by atomic mass is 9.45. The van der Waals surface area contributed by atoms with Gasteiger partial charge in [0.2, 0.25) is 0 Å². The Hall–Kier alpha value is -0.320. The molecular formula is C25H38F4O. The van der Waals surface area contributed by atoms with E-state index >= 15 is 17.6 Å². The lowest BCUT2D eigenvalue weighted by molar-refractivity contribution is -0.388. The number of hydrogen-bond acceptors (Lipinski definition) is 1. The van der Waals surface area contributed by atoms with E-state index in [1.807, 2.05) is 0 Å². The van der Waals surface area contributed by atoms with Crippen molar-refractivity contribution in [1.29, 1.82) is 0 Å². The van der Waals surface area contributed by atoms with E-state index in [0.717, 1.165) is 51.4 Å². The molecule has 0 aromatic rings. The second kappa shape index (κ2) is 6.60. The van der Waals surface area contributed by atoms with E-state index in [9.17, 15) is 0 Å². The van der Waals surface area contributed by atoms with E-state index in [0.29, 0.717) is 24.2 Å². The smallest absolute Gasteiger partial charge is 0.318 e. The number of fused-ring (bicyclic) bond motifs is 6. The Bertz CT molecular complexity index is 646. The molecule has 172 valence electrons. The third-order valence-corrected chi connectivity index (χ3v) is 10.8. The van der Waals surface area contributed by atoms with Gasteiger partial charge in [-0.25, -0.2) is 0 Å². The zero-order chi connectivity index (χ0) is 21.5. The van der Waals surface area contributed by atoms with Gasteiger partial charge in [0, 0.05) is 5.41 Å². The zero-order valence-corrected chi connectivity index (χ0v) is 18.7. The molecule has 30 heavy (non-hydrogen) atoms. The largest absolute Gasteiger partial charge is 0.374 e. The summed E-state index contributed by atoms with van der Waals surface area (Å²) in [5.41, 5.74) is -3.17. The zero-order valence-electron chi connectivity index (χ0n) is 18.7. The maximum atomic E-state index is 15.7. The van der Waals surface area contributed by atoms with Gasteiger partial charge in [-0.1, -0.05) is 26.7 Å². The predicted molar refractivity (Wildman–Crippen MR) is 109 cm³/mol. The Morgan fingerprint density at radius 2 is 1.23 bits per heavy atom. The van der Waals surface area contributed by atoms with Crippen LogP contribution in [0, 0.1) is 28.1 Å². The lowest BCUT2D eigenvalue weighted by Crippen LogP contribution is -2.72. The summed E-state index contributed by atoms with van der Waals surface area (Å²) in [5.74, 6) is -7.64. The molecule has 0 spiro atoms. The molecule has 0 aromatic carbocycles. The van der Waals surface area contributed by atoms with E-state index in [2.05, 4.69) is 13.8 Å². The van der Waals surface area contributed by atoms with Crippen molar-refractivity contribution in [3.63, 3.8) is 0 Å². The minimum absolute atomic E-state index is 0.190. The van der Waals surface area contributed by atoms with Crippen LogP contribution in [0.5, 0.6) is 0 Å². The number of hydrogen-bond donors (Lipinski definition) is 0. The maximum absolute atomic E-state index is 15.7. The van der Waals surface area contributed by atoms with Crippen LogP contribution in [0.25, 0.3) is 0 Å². The fraction of sp³-hybridized carbons (Fsp3) is 1.00. The highest BCUT2D eigenvalue weighted by atomic mass is 19.3. The normalized spacial score (nSPS) is 51.8. The Kier molecular flexibility index (Phi) is 4.74. The first-order chi connectivity index (χ1) is 14.0. The number of rotatable bonds is 4. The van der Waals surface area contributed by atoms with Crippen LogP contribution in [0.4, 0.5) is 17.6 Å². The van der Waals surface area contributed by atoms with Gasteiger partial charge >= 0.3 is 11.8 Å². The van der Waals surface area contributed by atoms with Crippen LogP contribution >= 0.6 is 0 Å². The molecular weight excluding hydrogens is 392 g/mol. The molecule has 1 nitrogen and oxygen atoms in total. The summed E-state index contributed by atoms with van der Waals surface area (Å²) < 4.78 is 68.8. The molecule has 0 saturated heterocycles. The van der Waals surface area contributed by atoms with Crippen molar-refractivity contribution in [2.24, 2.45) is 28.1 Å². The first kappa shape index (κ1) is 21.5. The molecule has 0 aromatic heterocycles. The van der Waals surface area contributed by atoms with Crippen molar-refractivity contribution in [1.82, 2.24) is 0 Å². The van der Waals surface area contributed by atoms with Gasteiger partial charge in [-0.05, 0) is 94.3 Å². The fourth-order valence-corrected chi connectivity index (χ4v) is 8.01. The van der Waals surface area contributed by atoms with Crippen molar-refractivity contribution in [2.75, 3.05) is 6.61 Å². The molecule has 7 aliphatic rings. The van der Waals surface area contributed by atoms with Crippen LogP contribution in [0.1, 0.15) is 104 Å². The summed E-state index contributed by atoms with van der Waals surface area (Å²) >= 11 is 0. The summed E-state index contributed by atoms with van der Waals surface area (Å²) in [6, 6.07) is 0. The highest BCUT2D eigenvalue weighted by Gasteiger charge is 2.82. The second-order valence-corrected chi connectivity index (χ2v) is 12.3. The quantitative estimate of drug-likeness (QED) is 0.414. The van der Waals surface area contributed by atoms with Crippen LogP contribution < -0.4 is 0 Å². The highest BCUT2D eigenvalue weighted by molar-refractivity contribution is 5.19. The molecule has 7 fully saturated rings. The molecule has 7 rings (SSSR count). The number of halogens is 4. The highest BCUT2D eigenvalue weighted by Crippen LogP contribution is 2.73. The van der Waals surface area contributed by atoms with Gasteiger partial charge in [-0.15, -0.1) is 0 Å². The molecule has 0 unspecified atom stereocenters. The minimum atomic E-state index is -3.98. The lowest BCUT2D eigenvalue weighted by Gasteiger charge is -2.64. The average Bonchev–Trinajstić information content (AvgIpc) is 2.73. The summed E-state index contributed by atoms with van der Waals surface area (Å²) in [4.78, 5) is 0. The van der Waals surface area contributed by atoms with E-state index in [1.165, 1.54) is 0 Å². The van der Waals surface area contributed by atoms with Gasteiger partial charge in [0.05, 0.1) is 17.6 Å². The van der Waals surface area contributed by atoms with Gasteiger partial charge in [-0.3, -0.25) is 0 Å². The van der Waals surface area contributed by atoms with Gasteiger partial charge in [0.15, 0.2) is 0 Å². The minimum Gasteiger partial charge on any atom is -0.374 e. The van der Waals surface area contributed by atoms with Crippen LogP contribution in [0.2, 0.25) is 0 Å². The fourth-order valence-electron chi connectivity index (χ4n) is 8.01. The first-order valence-electron chi connectivity index (χ1n) is 12.4. The average molecular weight is 431 g/mol. The van der Waals surface area contributed by atoms with Gasteiger partial charge in [0.25, 0.3) is 0 Å². The number of ether oxygens (including phenoxy) is 1. The van der Waals surface area contributed by atoms with Crippen molar-refractivity contribution in [2.45, 2.75) is 121 Å². The Morgan fingerprint density at radius 1 is 0.700 bits per heavy atom. The third kappa shape index (κ3) is 2.75. The summed E-state index contributed by atoms with van der Waals surface area (Å²) in [6.45, 7) is 4.25. The Balaban J connectivity index is 1.36. The summed E-state index contributed by atoms with van der Waals surface area (Å²) in [6.07, 6.45) is 9.88. The molecule has 0 radical (unpaired) electrons. The van der Waals surface area contributed by atoms with Crippen molar-refractivity contribution in [3.05, 3.63) is 0 Å². The Labute approximate surface area is 178 Å². The molecule has 5 heteroatoms. The van der Waals surface area contributed by atoms with Gasteiger partial charge in [0.1, 0.15) is 0 Å². The number of alkyl halides is 4. The van der Waals surface area contributed by atoms with Crippen LogP contribution in [0.3, 0.4) is 0 Å². The summed E-state index contributed by atoms with van der Waals surface area (Å²) in [7, 11) is 0. The van der Waals surface area contributed by atoms with Crippen LogP contribution in [-0.2, 0) is 4.74 Å². The van der Waals surface area contributed by atoms with Gasteiger partial charge < -0.3 is 4.74 Å². The van der Waals surface area contributed by atoms with Crippen molar-refractivity contribution < 1.29 is 22.3 Å². The third-order valence-electron chi connectivity index (χ3n) is 10.8. The molecule has 7 aliphatic carbocycles. The summed E-state index contributed by atoms with van der Waals surface area (Å²) in [5, 5.41) is 0. The molecule has 0 amide bonds. The van der Waals surface area contributed by atoms with Gasteiger partial charge in [-0.2, -0.15) is 17.6 Å². The Morgan fingerprint density at radius 3 is 1.77 bits per heavy atom. The van der Waals surface area contributed by atoms with Crippen LogP contribution in [-0.4, -0.2) is 24.1 Å². The van der Waals surface area contributed by atoms with E-state index < -0.39 is 22.7 Å². The van der Waals surface area contributed by atoms with E-state index in [-0.39, 0.29) is 43.8 Å². The molecule has 7 saturated carbocycles.